The Labute approximate surface area is 185 Å². The summed E-state index contributed by atoms with van der Waals surface area (Å²) in [7, 11) is 1.64. The molecule has 1 fully saturated rings. The zero-order valence-corrected chi connectivity index (χ0v) is 18.3. The number of aryl methyl sites for hydroxylation is 1. The van der Waals surface area contributed by atoms with Gasteiger partial charge in [0.1, 0.15) is 12.3 Å². The Hall–Kier alpha value is -2.55. The molecule has 0 saturated carbocycles. The number of carboxylic acid groups (broad SMARTS) is 1. The fourth-order valence-corrected chi connectivity index (χ4v) is 5.02. The van der Waals surface area contributed by atoms with Gasteiger partial charge in [-0.15, -0.1) is 11.8 Å². The van der Waals surface area contributed by atoms with Crippen molar-refractivity contribution in [3.8, 4) is 5.75 Å². The van der Waals surface area contributed by atoms with E-state index in [1.807, 2.05) is 43.3 Å². The summed E-state index contributed by atoms with van der Waals surface area (Å²) in [6.07, 6.45) is 1.59. The van der Waals surface area contributed by atoms with E-state index < -0.39 is 12.3 Å². The van der Waals surface area contributed by atoms with Gasteiger partial charge in [-0.3, -0.25) is 14.5 Å². The highest BCUT2D eigenvalue weighted by Gasteiger charge is 2.36. The zero-order chi connectivity index (χ0) is 22.0. The van der Waals surface area contributed by atoms with Crippen LogP contribution in [0, 0.1) is 0 Å². The molecule has 0 spiro atoms. The Kier molecular flexibility index (Phi) is 6.50. The summed E-state index contributed by atoms with van der Waals surface area (Å²) in [6.45, 7) is 1.44. The molecule has 1 saturated heterocycles. The number of carboxylic acids is 1. The standard InChI is InChI=1S/C23H25NO6S/c1-14-29-23(30-14)16-8-11-19-18(12-16)24(13-21(25)26)22(27)20(31-19)5-3-4-15-6-9-17(28-2)10-7-15/h6-12,14,20,23H,3-5,13H2,1-2H3,(H,25,26). The predicted molar refractivity (Wildman–Crippen MR) is 116 cm³/mol. The number of amides is 1. The Morgan fingerprint density at radius 2 is 1.94 bits per heavy atom. The Morgan fingerprint density at radius 1 is 1.19 bits per heavy atom. The molecule has 1 N–H and O–H groups in total. The average Bonchev–Trinajstić information content (AvgIpc) is 2.74. The van der Waals surface area contributed by atoms with E-state index >= 15 is 0 Å². The number of hydrogen-bond donors (Lipinski definition) is 1. The SMILES string of the molecule is COc1ccc(CCCC2Sc3ccc(C4OC(C)O4)cc3N(CC(=O)O)C2=O)cc1. The van der Waals surface area contributed by atoms with Crippen LogP contribution in [0.5, 0.6) is 5.75 Å². The first-order chi connectivity index (χ1) is 14.9. The van der Waals surface area contributed by atoms with Gasteiger partial charge in [0.15, 0.2) is 12.6 Å². The second-order valence-electron chi connectivity index (χ2n) is 7.56. The van der Waals surface area contributed by atoms with E-state index in [0.29, 0.717) is 12.1 Å². The molecule has 1 amide bonds. The molecule has 0 aromatic heterocycles. The molecule has 164 valence electrons. The van der Waals surface area contributed by atoms with Gasteiger partial charge >= 0.3 is 5.97 Å². The summed E-state index contributed by atoms with van der Waals surface area (Å²) in [5.74, 6) is -0.400. The van der Waals surface area contributed by atoms with Crippen molar-refractivity contribution < 1.29 is 28.9 Å². The van der Waals surface area contributed by atoms with E-state index in [4.69, 9.17) is 14.2 Å². The molecule has 0 radical (unpaired) electrons. The molecular weight excluding hydrogens is 418 g/mol. The average molecular weight is 444 g/mol. The molecular formula is C23H25NO6S. The molecule has 31 heavy (non-hydrogen) atoms. The van der Waals surface area contributed by atoms with Crippen molar-refractivity contribution in [2.45, 2.75) is 48.9 Å². The second-order valence-corrected chi connectivity index (χ2v) is 8.81. The van der Waals surface area contributed by atoms with Crippen molar-refractivity contribution >= 4 is 29.3 Å². The van der Waals surface area contributed by atoms with E-state index in [0.717, 1.165) is 29.1 Å². The largest absolute Gasteiger partial charge is 0.497 e. The number of fused-ring (bicyclic) bond motifs is 1. The normalized spacial score (nSPS) is 22.6. The molecule has 1 unspecified atom stereocenters. The summed E-state index contributed by atoms with van der Waals surface area (Å²) in [5, 5.41) is 9.06. The van der Waals surface area contributed by atoms with Crippen molar-refractivity contribution in [3.63, 3.8) is 0 Å². The van der Waals surface area contributed by atoms with E-state index in [-0.39, 0.29) is 24.0 Å². The van der Waals surface area contributed by atoms with Gasteiger partial charge in [-0.05, 0) is 56.0 Å². The summed E-state index contributed by atoms with van der Waals surface area (Å²) >= 11 is 1.50. The van der Waals surface area contributed by atoms with Gasteiger partial charge < -0.3 is 19.3 Å². The van der Waals surface area contributed by atoms with Crippen molar-refractivity contribution in [3.05, 3.63) is 53.6 Å². The van der Waals surface area contributed by atoms with Crippen LogP contribution >= 0.6 is 11.8 Å². The van der Waals surface area contributed by atoms with E-state index in [1.165, 1.54) is 22.2 Å². The highest BCUT2D eigenvalue weighted by molar-refractivity contribution is 8.01. The second kappa shape index (κ2) is 9.30. The minimum Gasteiger partial charge on any atom is -0.497 e. The first-order valence-electron chi connectivity index (χ1n) is 10.2. The Morgan fingerprint density at radius 3 is 2.58 bits per heavy atom. The van der Waals surface area contributed by atoms with Gasteiger partial charge in [0.25, 0.3) is 0 Å². The van der Waals surface area contributed by atoms with Crippen LogP contribution in [0.15, 0.2) is 47.4 Å². The number of aliphatic carboxylic acids is 1. The molecule has 7 nitrogen and oxygen atoms in total. The van der Waals surface area contributed by atoms with Crippen LogP contribution in [0.25, 0.3) is 0 Å². The molecule has 0 aliphatic carbocycles. The maximum Gasteiger partial charge on any atom is 0.323 e. The fraction of sp³-hybridized carbons (Fsp3) is 0.391. The molecule has 4 rings (SSSR count). The van der Waals surface area contributed by atoms with Gasteiger partial charge in [-0.2, -0.15) is 0 Å². The molecule has 0 bridgehead atoms. The number of nitrogens with zero attached hydrogens (tertiary/aromatic N) is 1. The monoisotopic (exact) mass is 443 g/mol. The van der Waals surface area contributed by atoms with Gasteiger partial charge in [-0.25, -0.2) is 0 Å². The lowest BCUT2D eigenvalue weighted by Crippen LogP contribution is -2.44. The van der Waals surface area contributed by atoms with Crippen molar-refractivity contribution in [1.82, 2.24) is 0 Å². The molecule has 1 atom stereocenters. The Bertz CT molecular complexity index is 957. The van der Waals surface area contributed by atoms with Gasteiger partial charge in [0.05, 0.1) is 18.0 Å². The van der Waals surface area contributed by atoms with Crippen LogP contribution < -0.4 is 9.64 Å². The van der Waals surface area contributed by atoms with E-state index in [2.05, 4.69) is 0 Å². The number of ether oxygens (including phenoxy) is 3. The van der Waals surface area contributed by atoms with Crippen molar-refractivity contribution in [1.29, 1.82) is 0 Å². The van der Waals surface area contributed by atoms with Gasteiger partial charge in [-0.1, -0.05) is 18.2 Å². The number of anilines is 1. The number of carbonyl (C=O) groups excluding carboxylic acids is 1. The molecule has 2 aromatic carbocycles. The molecule has 2 aromatic rings. The number of hydrogen-bond acceptors (Lipinski definition) is 6. The highest BCUT2D eigenvalue weighted by atomic mass is 32.2. The minimum atomic E-state index is -1.04. The third kappa shape index (κ3) is 4.87. The number of thioether (sulfide) groups is 1. The number of carbonyl (C=O) groups is 2. The lowest BCUT2D eigenvalue weighted by Gasteiger charge is -2.36. The van der Waals surface area contributed by atoms with Crippen LogP contribution in [0.4, 0.5) is 5.69 Å². The van der Waals surface area contributed by atoms with Crippen LogP contribution in [0.1, 0.15) is 37.2 Å². The smallest absolute Gasteiger partial charge is 0.323 e. The minimum absolute atomic E-state index is 0.171. The number of rotatable bonds is 8. The lowest BCUT2D eigenvalue weighted by molar-refractivity contribution is -0.382. The number of methoxy groups -OCH3 is 1. The molecule has 8 heteroatoms. The fourth-order valence-electron chi connectivity index (χ4n) is 3.77. The quantitative estimate of drug-likeness (QED) is 0.660. The summed E-state index contributed by atoms with van der Waals surface area (Å²) in [5.41, 5.74) is 2.56. The number of benzene rings is 2. The third-order valence-corrected chi connectivity index (χ3v) is 6.69. The van der Waals surface area contributed by atoms with Gasteiger partial charge in [0.2, 0.25) is 5.91 Å². The summed E-state index contributed by atoms with van der Waals surface area (Å²) in [6, 6.07) is 13.5. The van der Waals surface area contributed by atoms with Crippen LogP contribution in [-0.4, -0.2) is 42.2 Å². The predicted octanol–water partition coefficient (Wildman–Crippen LogP) is 4.00. The first kappa shape index (κ1) is 21.7. The third-order valence-electron chi connectivity index (χ3n) is 5.37. The van der Waals surface area contributed by atoms with Crippen molar-refractivity contribution in [2.24, 2.45) is 0 Å². The van der Waals surface area contributed by atoms with Crippen molar-refractivity contribution in [2.75, 3.05) is 18.6 Å². The molecule has 2 aliphatic heterocycles. The molecule has 2 aliphatic rings. The van der Waals surface area contributed by atoms with Crippen LogP contribution in [-0.2, 0) is 25.5 Å². The maximum atomic E-state index is 13.1. The Balaban J connectivity index is 1.46. The molecule has 2 heterocycles. The summed E-state index contributed by atoms with van der Waals surface area (Å²) < 4.78 is 16.2. The highest BCUT2D eigenvalue weighted by Crippen LogP contribution is 2.43. The van der Waals surface area contributed by atoms with Crippen LogP contribution in [0.3, 0.4) is 0 Å². The zero-order valence-electron chi connectivity index (χ0n) is 17.4. The maximum absolute atomic E-state index is 13.1. The topological polar surface area (TPSA) is 85.3 Å². The first-order valence-corrected chi connectivity index (χ1v) is 11.1. The van der Waals surface area contributed by atoms with E-state index in [9.17, 15) is 14.7 Å². The van der Waals surface area contributed by atoms with E-state index in [1.54, 1.807) is 13.2 Å². The van der Waals surface area contributed by atoms with Gasteiger partial charge in [0, 0.05) is 10.5 Å². The lowest BCUT2D eigenvalue weighted by atomic mass is 10.1. The summed E-state index contributed by atoms with van der Waals surface area (Å²) in [4.78, 5) is 26.8. The van der Waals surface area contributed by atoms with Crippen LogP contribution in [0.2, 0.25) is 0 Å².